The van der Waals surface area contributed by atoms with Gasteiger partial charge in [-0.15, -0.1) is 0 Å². The fraction of sp³-hybridized carbons (Fsp3) is 0. The Balaban J connectivity index is 2.02. The van der Waals surface area contributed by atoms with Gasteiger partial charge in [-0.2, -0.15) is 5.26 Å². The lowest BCUT2D eigenvalue weighted by Crippen LogP contribution is -2.38. The molecule has 26 heavy (non-hydrogen) atoms. The maximum absolute atomic E-state index is 13.2. The van der Waals surface area contributed by atoms with Crippen LogP contribution in [-0.2, 0) is 0 Å². The van der Waals surface area contributed by atoms with Crippen LogP contribution in [0, 0.1) is 16.5 Å². The van der Waals surface area contributed by atoms with E-state index in [4.69, 9.17) is 0 Å². The van der Waals surface area contributed by atoms with Crippen molar-refractivity contribution in [3.63, 3.8) is 0 Å². The predicted molar refractivity (Wildman–Crippen MR) is 98.1 cm³/mol. The Morgan fingerprint density at radius 3 is 2.38 bits per heavy atom. The van der Waals surface area contributed by atoms with Crippen LogP contribution in [0.2, 0.25) is 0 Å². The number of hydrogen-bond donors (Lipinski definition) is 0. The van der Waals surface area contributed by atoms with Crippen molar-refractivity contribution >= 4 is 0 Å². The van der Waals surface area contributed by atoms with Gasteiger partial charge in [0, 0.05) is 17.8 Å². The van der Waals surface area contributed by atoms with Crippen LogP contribution in [0.15, 0.2) is 85.1 Å². The molecule has 0 radical (unpaired) electrons. The topological polar surface area (TPSA) is 68.5 Å². The van der Waals surface area contributed by atoms with Crippen LogP contribution in [-0.4, -0.2) is 9.67 Å². The average Bonchev–Trinajstić information content (AvgIpc) is 3.06. The summed E-state index contributed by atoms with van der Waals surface area (Å²) in [6, 6.07) is 26.1. The molecule has 0 fully saturated rings. The van der Waals surface area contributed by atoms with E-state index < -0.39 is 0 Å². The molecule has 0 bridgehead atoms. The number of nitrogens with zero attached hydrogens (tertiary/aromatic N) is 4. The first-order chi connectivity index (χ1) is 12.8. The van der Waals surface area contributed by atoms with Gasteiger partial charge in [-0.05, 0) is 24.3 Å². The van der Waals surface area contributed by atoms with Gasteiger partial charge in [0.15, 0.2) is 5.82 Å². The smallest absolute Gasteiger partial charge is 0.253 e. The molecule has 0 saturated heterocycles. The van der Waals surface area contributed by atoms with Gasteiger partial charge in [-0.1, -0.05) is 58.1 Å². The first kappa shape index (κ1) is 15.6. The van der Waals surface area contributed by atoms with Gasteiger partial charge in [0.25, 0.3) is 5.69 Å². The third-order valence-corrected chi connectivity index (χ3v) is 4.15. The van der Waals surface area contributed by atoms with Crippen LogP contribution in [0.1, 0.15) is 5.56 Å². The molecule has 0 atom stereocenters. The summed E-state index contributed by atoms with van der Waals surface area (Å²) in [5, 5.41) is 22.6. The second-order valence-corrected chi connectivity index (χ2v) is 5.71. The molecule has 0 N–H and O–H groups in total. The summed E-state index contributed by atoms with van der Waals surface area (Å²) in [4.78, 5) is 5.12. The molecule has 5 heteroatoms. The molecule has 0 spiro atoms. The van der Waals surface area contributed by atoms with E-state index in [2.05, 4.69) is 11.1 Å². The quantitative estimate of drug-likeness (QED) is 0.422. The summed E-state index contributed by atoms with van der Waals surface area (Å²) in [5.74, 6) is 0.516. The molecular weight excluding hydrogens is 324 g/mol. The van der Waals surface area contributed by atoms with Gasteiger partial charge < -0.3 is 5.21 Å². The molecule has 4 aromatic rings. The summed E-state index contributed by atoms with van der Waals surface area (Å²) >= 11 is 0. The van der Waals surface area contributed by atoms with Gasteiger partial charge in [0.05, 0.1) is 11.1 Å². The van der Waals surface area contributed by atoms with Gasteiger partial charge >= 0.3 is 0 Å². The highest BCUT2D eigenvalue weighted by Crippen LogP contribution is 2.28. The Labute approximate surface area is 150 Å². The zero-order valence-electron chi connectivity index (χ0n) is 13.8. The van der Waals surface area contributed by atoms with Crippen molar-refractivity contribution in [2.45, 2.75) is 0 Å². The summed E-state index contributed by atoms with van der Waals surface area (Å²) in [7, 11) is 0. The zero-order chi connectivity index (χ0) is 17.9. The Kier molecular flexibility index (Phi) is 3.92. The minimum absolute atomic E-state index is 0.409. The average molecular weight is 338 g/mol. The van der Waals surface area contributed by atoms with E-state index in [0.717, 1.165) is 10.4 Å². The van der Waals surface area contributed by atoms with Crippen molar-refractivity contribution < 1.29 is 4.85 Å². The maximum atomic E-state index is 13.2. The van der Waals surface area contributed by atoms with Crippen molar-refractivity contribution in [3.8, 4) is 34.4 Å². The standard InChI is InChI=1S/C21H14N4O/c22-15-17-10-4-5-11-18(17)20-14-19(16-8-2-1-3-9-16)24(25(20)26)21-12-6-7-13-23-21/h1-14H. The van der Waals surface area contributed by atoms with E-state index in [0.29, 0.717) is 28.3 Å². The number of aromatic nitrogens is 3. The lowest BCUT2D eigenvalue weighted by Gasteiger charge is -2.07. The summed E-state index contributed by atoms with van der Waals surface area (Å²) in [6.45, 7) is 0. The van der Waals surface area contributed by atoms with Crippen LogP contribution in [0.25, 0.3) is 28.3 Å². The summed E-state index contributed by atoms with van der Waals surface area (Å²) in [6.07, 6.45) is 1.65. The molecule has 0 aliphatic heterocycles. The molecule has 2 aromatic carbocycles. The van der Waals surface area contributed by atoms with E-state index in [1.165, 1.54) is 4.68 Å². The molecule has 5 nitrogen and oxygen atoms in total. The largest absolute Gasteiger partial charge is 0.595 e. The molecule has 2 aromatic heterocycles. The first-order valence-electron chi connectivity index (χ1n) is 8.11. The minimum Gasteiger partial charge on any atom is -0.595 e. The normalized spacial score (nSPS) is 10.4. The molecular formula is C21H14N4O. The maximum Gasteiger partial charge on any atom is 0.253 e. The molecule has 0 unspecified atom stereocenters. The molecule has 0 aliphatic rings. The number of rotatable bonds is 3. The van der Waals surface area contributed by atoms with Gasteiger partial charge in [-0.25, -0.2) is 4.98 Å². The highest BCUT2D eigenvalue weighted by molar-refractivity contribution is 5.71. The molecule has 2 heterocycles. The highest BCUT2D eigenvalue weighted by atomic mass is 16.5. The van der Waals surface area contributed by atoms with Gasteiger partial charge in [0.1, 0.15) is 11.8 Å². The van der Waals surface area contributed by atoms with Crippen LogP contribution >= 0.6 is 0 Å². The molecule has 0 amide bonds. The van der Waals surface area contributed by atoms with Crippen molar-refractivity contribution in [1.82, 2.24) is 9.67 Å². The van der Waals surface area contributed by atoms with Crippen LogP contribution in [0.5, 0.6) is 0 Å². The summed E-state index contributed by atoms with van der Waals surface area (Å²) in [5.41, 5.74) is 3.06. The number of benzene rings is 2. The van der Waals surface area contributed by atoms with Crippen molar-refractivity contribution in [1.29, 1.82) is 5.26 Å². The third kappa shape index (κ3) is 2.60. The monoisotopic (exact) mass is 338 g/mol. The molecule has 0 aliphatic carbocycles. The number of hydrogen-bond acceptors (Lipinski definition) is 3. The van der Waals surface area contributed by atoms with Crippen molar-refractivity contribution in [2.75, 3.05) is 0 Å². The summed E-state index contributed by atoms with van der Waals surface area (Å²) < 4.78 is 1.51. The van der Waals surface area contributed by atoms with Crippen LogP contribution < -0.4 is 4.85 Å². The molecule has 0 saturated carbocycles. The SMILES string of the molecule is N#Cc1ccccc1-c1cc(-c2ccccc2)n(-c2ccccn2)[n+]1[O-]. The highest BCUT2D eigenvalue weighted by Gasteiger charge is 2.25. The van der Waals surface area contributed by atoms with E-state index in [1.54, 1.807) is 42.6 Å². The fourth-order valence-electron chi connectivity index (χ4n) is 2.95. The second-order valence-electron chi connectivity index (χ2n) is 5.71. The van der Waals surface area contributed by atoms with Crippen molar-refractivity contribution in [3.05, 3.63) is 95.8 Å². The Morgan fingerprint density at radius 1 is 0.923 bits per heavy atom. The number of pyridine rings is 1. The predicted octanol–water partition coefficient (Wildman–Crippen LogP) is 3.71. The van der Waals surface area contributed by atoms with Crippen LogP contribution in [0.3, 0.4) is 0 Å². The first-order valence-corrected chi connectivity index (χ1v) is 8.11. The molecule has 124 valence electrons. The molecule has 4 rings (SSSR count). The van der Waals surface area contributed by atoms with E-state index >= 15 is 0 Å². The Bertz CT molecular complexity index is 1100. The number of nitriles is 1. The minimum atomic E-state index is 0.409. The lowest BCUT2D eigenvalue weighted by atomic mass is 10.0. The zero-order valence-corrected chi connectivity index (χ0v) is 13.8. The van der Waals surface area contributed by atoms with E-state index in [9.17, 15) is 10.5 Å². The Hall–Kier alpha value is -3.91. The van der Waals surface area contributed by atoms with E-state index in [-0.39, 0.29) is 0 Å². The van der Waals surface area contributed by atoms with Crippen molar-refractivity contribution in [2.24, 2.45) is 0 Å². The van der Waals surface area contributed by atoms with Crippen LogP contribution in [0.4, 0.5) is 0 Å². The Morgan fingerprint density at radius 2 is 1.65 bits per heavy atom. The fourth-order valence-corrected chi connectivity index (χ4v) is 2.95. The van der Waals surface area contributed by atoms with Gasteiger partial charge in [-0.3, -0.25) is 0 Å². The van der Waals surface area contributed by atoms with E-state index in [1.807, 2.05) is 42.5 Å². The lowest BCUT2D eigenvalue weighted by molar-refractivity contribution is -0.672. The third-order valence-electron chi connectivity index (χ3n) is 4.15. The second kappa shape index (κ2) is 6.54. The van der Waals surface area contributed by atoms with Gasteiger partial charge in [0.2, 0.25) is 0 Å².